The van der Waals surface area contributed by atoms with Gasteiger partial charge in [0.25, 0.3) is 5.91 Å². The van der Waals surface area contributed by atoms with E-state index < -0.39 is 0 Å². The molecule has 1 saturated carbocycles. The molecule has 0 spiro atoms. The van der Waals surface area contributed by atoms with Gasteiger partial charge in [0, 0.05) is 25.7 Å². The van der Waals surface area contributed by atoms with Gasteiger partial charge in [-0.3, -0.25) is 9.69 Å². The van der Waals surface area contributed by atoms with Crippen molar-refractivity contribution in [2.45, 2.75) is 52.2 Å². The topological polar surface area (TPSA) is 32.8 Å². The molecule has 4 rings (SSSR count). The molecule has 4 nitrogen and oxygen atoms in total. The molecular weight excluding hydrogens is 408 g/mol. The second-order valence-electron chi connectivity index (χ2n) is 9.29. The van der Waals surface area contributed by atoms with Crippen LogP contribution in [-0.4, -0.2) is 48.5 Å². The molecule has 166 valence electrons. The number of aryl methyl sites for hydroxylation is 2. The lowest BCUT2D eigenvalue weighted by Crippen LogP contribution is -2.42. The van der Waals surface area contributed by atoms with Crippen LogP contribution in [0.5, 0.6) is 5.75 Å². The van der Waals surface area contributed by atoms with Crippen molar-refractivity contribution < 1.29 is 9.53 Å². The molecule has 1 aliphatic carbocycles. The van der Waals surface area contributed by atoms with E-state index in [1.54, 1.807) is 0 Å². The number of hydrogen-bond donors (Lipinski definition) is 0. The summed E-state index contributed by atoms with van der Waals surface area (Å²) in [5.41, 5.74) is 4.16. The second-order valence-corrected chi connectivity index (χ2v) is 9.67. The van der Waals surface area contributed by atoms with Gasteiger partial charge in [-0.25, -0.2) is 0 Å². The SMILES string of the molecule is Cc1ccc(C(=O)N(C)CC2CC(Oc3cccc(CN4CCCC4)c3Cl)C2)c(C)c1. The standard InChI is InChI=1S/C26H33ClN2O2/c1-18-9-10-23(19(2)13-18)26(30)28(3)16-20-14-22(15-20)31-24-8-6-7-21(25(24)27)17-29-11-4-5-12-29/h6-10,13,20,22H,4-5,11-12,14-17H2,1-3H3. The van der Waals surface area contributed by atoms with Crippen molar-refractivity contribution in [2.24, 2.45) is 5.92 Å². The zero-order valence-electron chi connectivity index (χ0n) is 18.9. The maximum Gasteiger partial charge on any atom is 0.253 e. The highest BCUT2D eigenvalue weighted by atomic mass is 35.5. The summed E-state index contributed by atoms with van der Waals surface area (Å²) in [4.78, 5) is 17.1. The predicted octanol–water partition coefficient (Wildman–Crippen LogP) is 5.48. The van der Waals surface area contributed by atoms with E-state index in [9.17, 15) is 4.79 Å². The summed E-state index contributed by atoms with van der Waals surface area (Å²) < 4.78 is 6.22. The molecule has 2 aromatic rings. The first-order valence-electron chi connectivity index (χ1n) is 11.4. The first kappa shape index (κ1) is 22.2. The molecule has 1 amide bonds. The molecule has 0 unspecified atom stereocenters. The monoisotopic (exact) mass is 440 g/mol. The maximum atomic E-state index is 12.8. The number of ether oxygens (including phenoxy) is 1. The Morgan fingerprint density at radius 1 is 1.16 bits per heavy atom. The van der Waals surface area contributed by atoms with Gasteiger partial charge in [0.2, 0.25) is 0 Å². The van der Waals surface area contributed by atoms with Crippen LogP contribution in [0.3, 0.4) is 0 Å². The zero-order chi connectivity index (χ0) is 22.0. The van der Waals surface area contributed by atoms with E-state index in [1.807, 2.05) is 50.1 Å². The van der Waals surface area contributed by atoms with Gasteiger partial charge < -0.3 is 9.64 Å². The minimum absolute atomic E-state index is 0.0968. The van der Waals surface area contributed by atoms with Gasteiger partial charge in [-0.05, 0) is 81.8 Å². The number of benzene rings is 2. The van der Waals surface area contributed by atoms with Gasteiger partial charge >= 0.3 is 0 Å². The molecule has 2 aromatic carbocycles. The number of carbonyl (C=O) groups excluding carboxylic acids is 1. The Kier molecular flexibility index (Phi) is 6.88. The Labute approximate surface area is 191 Å². The van der Waals surface area contributed by atoms with Crippen molar-refractivity contribution >= 4 is 17.5 Å². The van der Waals surface area contributed by atoms with Gasteiger partial charge in [0.05, 0.1) is 11.1 Å². The zero-order valence-corrected chi connectivity index (χ0v) is 19.6. The lowest BCUT2D eigenvalue weighted by Gasteiger charge is -2.38. The first-order chi connectivity index (χ1) is 14.9. The van der Waals surface area contributed by atoms with E-state index in [4.69, 9.17) is 16.3 Å². The quantitative estimate of drug-likeness (QED) is 0.571. The van der Waals surface area contributed by atoms with Crippen molar-refractivity contribution in [3.05, 3.63) is 63.7 Å². The van der Waals surface area contributed by atoms with Crippen LogP contribution in [0.2, 0.25) is 5.02 Å². The molecule has 0 aromatic heterocycles. The molecule has 1 heterocycles. The summed E-state index contributed by atoms with van der Waals surface area (Å²) in [6, 6.07) is 12.1. The summed E-state index contributed by atoms with van der Waals surface area (Å²) in [6.07, 6.45) is 4.64. The number of carbonyl (C=O) groups is 1. The molecule has 1 aliphatic heterocycles. The van der Waals surface area contributed by atoms with Crippen LogP contribution in [-0.2, 0) is 6.54 Å². The van der Waals surface area contributed by atoms with E-state index in [0.717, 1.165) is 66.5 Å². The van der Waals surface area contributed by atoms with Crippen LogP contribution in [0.1, 0.15) is 52.7 Å². The second kappa shape index (κ2) is 9.62. The summed E-state index contributed by atoms with van der Waals surface area (Å²) in [5.74, 6) is 1.36. The summed E-state index contributed by atoms with van der Waals surface area (Å²) in [6.45, 7) is 8.01. The van der Waals surface area contributed by atoms with Gasteiger partial charge in [-0.2, -0.15) is 0 Å². The maximum absolute atomic E-state index is 12.8. The molecular formula is C26H33ClN2O2. The normalized spacial score (nSPS) is 21.0. The van der Waals surface area contributed by atoms with Gasteiger partial charge in [0.1, 0.15) is 5.75 Å². The number of hydrogen-bond acceptors (Lipinski definition) is 3. The average molecular weight is 441 g/mol. The molecule has 0 bridgehead atoms. The average Bonchev–Trinajstić information content (AvgIpc) is 3.21. The molecule has 0 radical (unpaired) electrons. The van der Waals surface area contributed by atoms with Gasteiger partial charge in [-0.15, -0.1) is 0 Å². The van der Waals surface area contributed by atoms with Crippen molar-refractivity contribution in [1.29, 1.82) is 0 Å². The Balaban J connectivity index is 1.28. The van der Waals surface area contributed by atoms with E-state index in [0.29, 0.717) is 5.92 Å². The third kappa shape index (κ3) is 5.24. The van der Waals surface area contributed by atoms with E-state index in [1.165, 1.54) is 18.4 Å². The molecule has 2 aliphatic rings. The third-order valence-corrected chi connectivity index (χ3v) is 7.04. The van der Waals surface area contributed by atoms with Crippen molar-refractivity contribution in [2.75, 3.05) is 26.7 Å². The molecule has 2 fully saturated rings. The summed E-state index contributed by atoms with van der Waals surface area (Å²) in [5, 5.41) is 0.750. The van der Waals surface area contributed by atoms with E-state index in [2.05, 4.69) is 17.0 Å². The third-order valence-electron chi connectivity index (χ3n) is 6.61. The number of nitrogens with zero attached hydrogens (tertiary/aromatic N) is 2. The van der Waals surface area contributed by atoms with Crippen LogP contribution >= 0.6 is 11.6 Å². The van der Waals surface area contributed by atoms with Crippen LogP contribution < -0.4 is 4.74 Å². The Morgan fingerprint density at radius 2 is 1.90 bits per heavy atom. The van der Waals surface area contributed by atoms with Gasteiger partial charge in [-0.1, -0.05) is 41.4 Å². The Bertz CT molecular complexity index is 933. The van der Waals surface area contributed by atoms with Crippen LogP contribution in [0, 0.1) is 19.8 Å². The highest BCUT2D eigenvalue weighted by molar-refractivity contribution is 6.32. The summed E-state index contributed by atoms with van der Waals surface area (Å²) >= 11 is 6.66. The highest BCUT2D eigenvalue weighted by Gasteiger charge is 2.33. The first-order valence-corrected chi connectivity index (χ1v) is 11.8. The fraction of sp³-hybridized carbons (Fsp3) is 0.500. The fourth-order valence-corrected chi connectivity index (χ4v) is 5.01. The van der Waals surface area contributed by atoms with E-state index in [-0.39, 0.29) is 12.0 Å². The lowest BCUT2D eigenvalue weighted by atomic mass is 9.82. The number of likely N-dealkylation sites (tertiary alicyclic amines) is 1. The smallest absolute Gasteiger partial charge is 0.253 e. The molecule has 31 heavy (non-hydrogen) atoms. The largest absolute Gasteiger partial charge is 0.489 e. The van der Waals surface area contributed by atoms with Crippen molar-refractivity contribution in [3.8, 4) is 5.75 Å². The van der Waals surface area contributed by atoms with Gasteiger partial charge in [0.15, 0.2) is 0 Å². The van der Waals surface area contributed by atoms with Crippen molar-refractivity contribution in [3.63, 3.8) is 0 Å². The fourth-order valence-electron chi connectivity index (χ4n) is 4.78. The lowest BCUT2D eigenvalue weighted by molar-refractivity contribution is 0.0419. The van der Waals surface area contributed by atoms with Crippen LogP contribution in [0.15, 0.2) is 36.4 Å². The van der Waals surface area contributed by atoms with Crippen LogP contribution in [0.25, 0.3) is 0 Å². The number of amides is 1. The van der Waals surface area contributed by atoms with Crippen molar-refractivity contribution in [1.82, 2.24) is 9.80 Å². The molecule has 1 saturated heterocycles. The molecule has 5 heteroatoms. The molecule has 0 atom stereocenters. The minimum atomic E-state index is 0.0968. The Hall–Kier alpha value is -2.04. The minimum Gasteiger partial charge on any atom is -0.489 e. The van der Waals surface area contributed by atoms with E-state index >= 15 is 0 Å². The number of rotatable bonds is 7. The Morgan fingerprint density at radius 3 is 2.61 bits per heavy atom. The molecule has 0 N–H and O–H groups in total. The summed E-state index contributed by atoms with van der Waals surface area (Å²) in [7, 11) is 1.90. The highest BCUT2D eigenvalue weighted by Crippen LogP contribution is 2.36. The van der Waals surface area contributed by atoms with Crippen LogP contribution in [0.4, 0.5) is 0 Å². The number of halogens is 1. The predicted molar refractivity (Wildman–Crippen MR) is 126 cm³/mol.